The standard InChI is InChI=1S/C9H14O2/c1-3-5-6-7-8(4-2)9(10)11/h3-4H,1,5-7H2,2H3,(H,10,11)/b8-4-. The van der Waals surface area contributed by atoms with E-state index in [2.05, 4.69) is 6.58 Å². The molecule has 0 spiro atoms. The lowest BCUT2D eigenvalue weighted by Crippen LogP contribution is -1.99. The molecule has 0 unspecified atom stereocenters. The Kier molecular flexibility index (Phi) is 5.17. The topological polar surface area (TPSA) is 37.3 Å². The van der Waals surface area contributed by atoms with Gasteiger partial charge in [-0.1, -0.05) is 12.2 Å². The van der Waals surface area contributed by atoms with Crippen LogP contribution in [0.2, 0.25) is 0 Å². The van der Waals surface area contributed by atoms with E-state index in [-0.39, 0.29) is 0 Å². The second-order valence-corrected chi connectivity index (χ2v) is 2.30. The summed E-state index contributed by atoms with van der Waals surface area (Å²) < 4.78 is 0. The summed E-state index contributed by atoms with van der Waals surface area (Å²) in [6.07, 6.45) is 5.83. The zero-order chi connectivity index (χ0) is 8.69. The van der Waals surface area contributed by atoms with Gasteiger partial charge in [-0.15, -0.1) is 6.58 Å². The third-order valence-electron chi connectivity index (χ3n) is 1.48. The van der Waals surface area contributed by atoms with E-state index in [9.17, 15) is 4.79 Å². The minimum atomic E-state index is -0.809. The Morgan fingerprint density at radius 2 is 2.27 bits per heavy atom. The number of carboxylic acids is 1. The van der Waals surface area contributed by atoms with Crippen LogP contribution in [0.25, 0.3) is 0 Å². The lowest BCUT2D eigenvalue weighted by molar-refractivity contribution is -0.132. The van der Waals surface area contributed by atoms with E-state index in [1.807, 2.05) is 0 Å². The van der Waals surface area contributed by atoms with Gasteiger partial charge in [-0.25, -0.2) is 4.79 Å². The van der Waals surface area contributed by atoms with E-state index in [0.717, 1.165) is 12.8 Å². The van der Waals surface area contributed by atoms with Gasteiger partial charge >= 0.3 is 5.97 Å². The highest BCUT2D eigenvalue weighted by atomic mass is 16.4. The predicted molar refractivity (Wildman–Crippen MR) is 45.4 cm³/mol. The molecule has 2 nitrogen and oxygen atoms in total. The Hall–Kier alpha value is -1.05. The average Bonchev–Trinajstić information content (AvgIpc) is 1.97. The molecule has 0 aliphatic heterocycles. The summed E-state index contributed by atoms with van der Waals surface area (Å²) in [5, 5.41) is 8.58. The first kappa shape index (κ1) is 9.95. The van der Waals surface area contributed by atoms with E-state index in [1.165, 1.54) is 0 Å². The Balaban J connectivity index is 3.72. The summed E-state index contributed by atoms with van der Waals surface area (Å²) in [6, 6.07) is 0. The van der Waals surface area contributed by atoms with Crippen LogP contribution in [0.1, 0.15) is 26.2 Å². The maximum Gasteiger partial charge on any atom is 0.331 e. The molecule has 0 fully saturated rings. The maximum atomic E-state index is 10.4. The summed E-state index contributed by atoms with van der Waals surface area (Å²) in [5.41, 5.74) is 0.492. The molecule has 0 radical (unpaired) electrons. The van der Waals surface area contributed by atoms with Crippen molar-refractivity contribution in [3.8, 4) is 0 Å². The van der Waals surface area contributed by atoms with Crippen molar-refractivity contribution in [2.24, 2.45) is 0 Å². The lowest BCUT2D eigenvalue weighted by Gasteiger charge is -1.97. The van der Waals surface area contributed by atoms with Gasteiger partial charge in [0.05, 0.1) is 0 Å². The van der Waals surface area contributed by atoms with Gasteiger partial charge in [0.2, 0.25) is 0 Å². The molecule has 0 aromatic rings. The van der Waals surface area contributed by atoms with Crippen molar-refractivity contribution in [3.05, 3.63) is 24.3 Å². The van der Waals surface area contributed by atoms with E-state index >= 15 is 0 Å². The van der Waals surface area contributed by atoms with Crippen molar-refractivity contribution in [2.75, 3.05) is 0 Å². The number of hydrogen-bond donors (Lipinski definition) is 1. The van der Waals surface area contributed by atoms with Crippen LogP contribution in [-0.4, -0.2) is 11.1 Å². The molecule has 0 aromatic heterocycles. The summed E-state index contributed by atoms with van der Waals surface area (Å²) in [7, 11) is 0. The number of unbranched alkanes of at least 4 members (excludes halogenated alkanes) is 1. The molecule has 62 valence electrons. The van der Waals surface area contributed by atoms with Crippen LogP contribution in [0, 0.1) is 0 Å². The maximum absolute atomic E-state index is 10.4. The summed E-state index contributed by atoms with van der Waals surface area (Å²) >= 11 is 0. The monoisotopic (exact) mass is 154 g/mol. The van der Waals surface area contributed by atoms with Crippen LogP contribution in [0.5, 0.6) is 0 Å². The van der Waals surface area contributed by atoms with E-state index in [1.54, 1.807) is 19.1 Å². The Bertz CT molecular complexity index is 168. The van der Waals surface area contributed by atoms with Crippen LogP contribution < -0.4 is 0 Å². The number of aliphatic carboxylic acids is 1. The highest BCUT2D eigenvalue weighted by Crippen LogP contribution is 2.07. The molecule has 0 aliphatic rings. The van der Waals surface area contributed by atoms with Crippen LogP contribution in [0.4, 0.5) is 0 Å². The second kappa shape index (κ2) is 5.71. The Morgan fingerprint density at radius 1 is 1.64 bits per heavy atom. The molecular formula is C9H14O2. The minimum Gasteiger partial charge on any atom is -0.478 e. The number of carboxylic acid groups (broad SMARTS) is 1. The van der Waals surface area contributed by atoms with Gasteiger partial charge in [-0.05, 0) is 26.2 Å². The Morgan fingerprint density at radius 3 is 2.64 bits per heavy atom. The zero-order valence-corrected chi connectivity index (χ0v) is 6.84. The molecule has 0 saturated heterocycles. The quantitative estimate of drug-likeness (QED) is 0.375. The van der Waals surface area contributed by atoms with Gasteiger partial charge in [-0.3, -0.25) is 0 Å². The van der Waals surface area contributed by atoms with Crippen molar-refractivity contribution in [1.29, 1.82) is 0 Å². The molecule has 0 amide bonds. The molecule has 0 heterocycles. The van der Waals surface area contributed by atoms with Gasteiger partial charge in [-0.2, -0.15) is 0 Å². The van der Waals surface area contributed by atoms with E-state index < -0.39 is 5.97 Å². The van der Waals surface area contributed by atoms with Gasteiger partial charge < -0.3 is 5.11 Å². The molecule has 0 aliphatic carbocycles. The normalized spacial score (nSPS) is 11.2. The summed E-state index contributed by atoms with van der Waals surface area (Å²) in [4.78, 5) is 10.4. The van der Waals surface area contributed by atoms with Crippen molar-refractivity contribution < 1.29 is 9.90 Å². The highest BCUT2D eigenvalue weighted by Gasteiger charge is 2.03. The number of rotatable bonds is 5. The minimum absolute atomic E-state index is 0.492. The average molecular weight is 154 g/mol. The summed E-state index contributed by atoms with van der Waals surface area (Å²) in [5.74, 6) is -0.809. The fourth-order valence-electron chi connectivity index (χ4n) is 0.812. The van der Waals surface area contributed by atoms with Crippen LogP contribution in [0.15, 0.2) is 24.3 Å². The van der Waals surface area contributed by atoms with Gasteiger partial charge in [0, 0.05) is 5.57 Å². The van der Waals surface area contributed by atoms with Crippen molar-refractivity contribution in [2.45, 2.75) is 26.2 Å². The number of hydrogen-bond acceptors (Lipinski definition) is 1. The van der Waals surface area contributed by atoms with Gasteiger partial charge in [0.1, 0.15) is 0 Å². The first-order valence-corrected chi connectivity index (χ1v) is 3.71. The number of allylic oxidation sites excluding steroid dienone is 2. The third kappa shape index (κ3) is 4.37. The summed E-state index contributed by atoms with van der Waals surface area (Å²) in [6.45, 7) is 5.31. The fourth-order valence-corrected chi connectivity index (χ4v) is 0.812. The van der Waals surface area contributed by atoms with Gasteiger partial charge in [0.25, 0.3) is 0 Å². The molecule has 11 heavy (non-hydrogen) atoms. The molecule has 2 heteroatoms. The van der Waals surface area contributed by atoms with Crippen molar-refractivity contribution in [3.63, 3.8) is 0 Å². The number of carbonyl (C=O) groups is 1. The van der Waals surface area contributed by atoms with Crippen LogP contribution in [0.3, 0.4) is 0 Å². The van der Waals surface area contributed by atoms with Gasteiger partial charge in [0.15, 0.2) is 0 Å². The van der Waals surface area contributed by atoms with Crippen molar-refractivity contribution >= 4 is 5.97 Å². The molecule has 0 atom stereocenters. The largest absolute Gasteiger partial charge is 0.478 e. The first-order valence-electron chi connectivity index (χ1n) is 3.71. The van der Waals surface area contributed by atoms with E-state index in [0.29, 0.717) is 12.0 Å². The third-order valence-corrected chi connectivity index (χ3v) is 1.48. The molecule has 0 bridgehead atoms. The SMILES string of the molecule is C=CCCC/C(=C/C)C(=O)O. The van der Waals surface area contributed by atoms with Crippen molar-refractivity contribution in [1.82, 2.24) is 0 Å². The predicted octanol–water partition coefficient (Wildman–Crippen LogP) is 2.37. The molecule has 0 saturated carbocycles. The van der Waals surface area contributed by atoms with Crippen LogP contribution >= 0.6 is 0 Å². The second-order valence-electron chi connectivity index (χ2n) is 2.30. The highest BCUT2D eigenvalue weighted by molar-refractivity contribution is 5.86. The van der Waals surface area contributed by atoms with Crippen LogP contribution in [-0.2, 0) is 4.79 Å². The van der Waals surface area contributed by atoms with E-state index in [4.69, 9.17) is 5.11 Å². The first-order chi connectivity index (χ1) is 5.22. The molecular weight excluding hydrogens is 140 g/mol. The molecule has 0 aromatic carbocycles. The molecule has 1 N–H and O–H groups in total. The fraction of sp³-hybridized carbons (Fsp3) is 0.444. The molecule has 0 rings (SSSR count). The smallest absolute Gasteiger partial charge is 0.331 e. The Labute approximate surface area is 67.2 Å². The lowest BCUT2D eigenvalue weighted by atomic mass is 10.1. The zero-order valence-electron chi connectivity index (χ0n) is 6.84.